The fraction of sp³-hybridized carbons (Fsp3) is 0. The molecule has 1 heterocycles. The molecule has 0 aliphatic carbocycles. The number of hydrogen-bond acceptors (Lipinski definition) is 2. The molecule has 2 rings (SSSR count). The molecule has 0 unspecified atom stereocenters. The van der Waals surface area contributed by atoms with Gasteiger partial charge in [-0.05, 0) is 12.1 Å². The molecule has 0 saturated heterocycles. The molecule has 1 aromatic carbocycles. The number of hydrogen-bond donors (Lipinski definition) is 0. The molecule has 72 valence electrons. The highest BCUT2D eigenvalue weighted by atomic mass is 19.2. The van der Waals surface area contributed by atoms with Gasteiger partial charge in [0, 0.05) is 0 Å². The number of aromatic nitrogens is 1. The van der Waals surface area contributed by atoms with Crippen molar-refractivity contribution in [2.75, 3.05) is 0 Å². The molecule has 0 aliphatic heterocycles. The Balaban J connectivity index is 2.61. The van der Waals surface area contributed by atoms with Crippen molar-refractivity contribution in [3.8, 4) is 11.3 Å². The predicted octanol–water partition coefficient (Wildman–Crippen LogP) is 2.76. The third-order valence-electron chi connectivity index (χ3n) is 1.73. The Labute approximate surface area is 77.0 Å². The Morgan fingerprint density at radius 3 is 2.50 bits per heavy atom. The van der Waals surface area contributed by atoms with Crippen molar-refractivity contribution in [1.29, 1.82) is 0 Å². The van der Waals surface area contributed by atoms with Crippen LogP contribution in [0.1, 0.15) is 0 Å². The van der Waals surface area contributed by atoms with Crippen molar-refractivity contribution in [1.82, 2.24) is 4.98 Å². The van der Waals surface area contributed by atoms with E-state index in [2.05, 4.69) is 4.98 Å². The van der Waals surface area contributed by atoms with Crippen LogP contribution in [0.2, 0.25) is 0 Å². The summed E-state index contributed by atoms with van der Waals surface area (Å²) in [4.78, 5) is 3.54. The van der Waals surface area contributed by atoms with Gasteiger partial charge in [0.05, 0.1) is 11.8 Å². The summed E-state index contributed by atoms with van der Waals surface area (Å²) in [6, 6.07) is 1.92. The minimum atomic E-state index is -1.51. The number of nitrogens with zero attached hydrogens (tertiary/aromatic N) is 1. The van der Waals surface area contributed by atoms with Crippen LogP contribution in [0.4, 0.5) is 13.2 Å². The summed E-state index contributed by atoms with van der Waals surface area (Å²) in [7, 11) is 0. The van der Waals surface area contributed by atoms with Gasteiger partial charge in [-0.2, -0.15) is 0 Å². The standard InChI is InChI=1S/C9H4F3NO/c10-6-2-1-5(8(11)9(6)12)7-3-13-4-14-7/h1-4H. The second-order valence-electron chi connectivity index (χ2n) is 2.59. The van der Waals surface area contributed by atoms with Crippen molar-refractivity contribution in [2.45, 2.75) is 0 Å². The summed E-state index contributed by atoms with van der Waals surface area (Å²) in [5.41, 5.74) is -0.151. The molecule has 2 aromatic rings. The summed E-state index contributed by atoms with van der Waals surface area (Å²) in [5, 5.41) is 0. The third-order valence-corrected chi connectivity index (χ3v) is 1.73. The predicted molar refractivity (Wildman–Crippen MR) is 41.8 cm³/mol. The van der Waals surface area contributed by atoms with Crippen LogP contribution in [0.25, 0.3) is 11.3 Å². The van der Waals surface area contributed by atoms with Crippen LogP contribution in [-0.2, 0) is 0 Å². The van der Waals surface area contributed by atoms with Gasteiger partial charge in [0.2, 0.25) is 0 Å². The molecule has 0 saturated carbocycles. The average Bonchev–Trinajstić information content (AvgIpc) is 2.67. The number of halogens is 3. The van der Waals surface area contributed by atoms with E-state index in [0.29, 0.717) is 0 Å². The van der Waals surface area contributed by atoms with Crippen LogP contribution < -0.4 is 0 Å². The molecule has 0 amide bonds. The molecule has 0 bridgehead atoms. The van der Waals surface area contributed by atoms with Gasteiger partial charge < -0.3 is 4.42 Å². The minimum absolute atomic E-state index is 0.0569. The van der Waals surface area contributed by atoms with Crippen LogP contribution in [0.3, 0.4) is 0 Å². The van der Waals surface area contributed by atoms with E-state index in [-0.39, 0.29) is 11.3 Å². The van der Waals surface area contributed by atoms with Gasteiger partial charge in [-0.3, -0.25) is 0 Å². The Bertz CT molecular complexity index is 453. The van der Waals surface area contributed by atoms with Gasteiger partial charge in [0.1, 0.15) is 0 Å². The monoisotopic (exact) mass is 199 g/mol. The molecule has 0 aliphatic rings. The molecule has 0 radical (unpaired) electrons. The molecular formula is C9H4F3NO. The number of rotatable bonds is 1. The van der Waals surface area contributed by atoms with Gasteiger partial charge >= 0.3 is 0 Å². The fourth-order valence-electron chi connectivity index (χ4n) is 1.06. The maximum Gasteiger partial charge on any atom is 0.195 e. The van der Waals surface area contributed by atoms with Crippen molar-refractivity contribution in [3.63, 3.8) is 0 Å². The number of benzene rings is 1. The second kappa shape index (κ2) is 3.17. The van der Waals surface area contributed by atoms with E-state index in [0.717, 1.165) is 18.5 Å². The highest BCUT2D eigenvalue weighted by Crippen LogP contribution is 2.25. The molecule has 0 N–H and O–H groups in total. The topological polar surface area (TPSA) is 26.0 Å². The zero-order valence-corrected chi connectivity index (χ0v) is 6.80. The zero-order valence-electron chi connectivity index (χ0n) is 6.80. The van der Waals surface area contributed by atoms with Gasteiger partial charge in [0.25, 0.3) is 0 Å². The highest BCUT2D eigenvalue weighted by molar-refractivity contribution is 5.57. The van der Waals surface area contributed by atoms with Crippen LogP contribution in [0.5, 0.6) is 0 Å². The van der Waals surface area contributed by atoms with Gasteiger partial charge in [0.15, 0.2) is 29.6 Å². The smallest absolute Gasteiger partial charge is 0.195 e. The number of oxazole rings is 1. The average molecular weight is 199 g/mol. The molecule has 0 fully saturated rings. The Morgan fingerprint density at radius 1 is 1.07 bits per heavy atom. The first-order valence-electron chi connectivity index (χ1n) is 3.72. The van der Waals surface area contributed by atoms with Crippen LogP contribution in [0, 0.1) is 17.5 Å². The van der Waals surface area contributed by atoms with Crippen molar-refractivity contribution in [2.24, 2.45) is 0 Å². The summed E-state index contributed by atoms with van der Waals surface area (Å²) in [5.74, 6) is -3.96. The zero-order chi connectivity index (χ0) is 10.1. The molecule has 2 nitrogen and oxygen atoms in total. The van der Waals surface area contributed by atoms with Gasteiger partial charge in [-0.15, -0.1) is 0 Å². The van der Waals surface area contributed by atoms with E-state index in [4.69, 9.17) is 4.42 Å². The highest BCUT2D eigenvalue weighted by Gasteiger charge is 2.16. The summed E-state index contributed by atoms with van der Waals surface area (Å²) < 4.78 is 43.2. The Hall–Kier alpha value is -1.78. The summed E-state index contributed by atoms with van der Waals surface area (Å²) >= 11 is 0. The lowest BCUT2D eigenvalue weighted by molar-refractivity contribution is 0.446. The lowest BCUT2D eigenvalue weighted by Gasteiger charge is -2.00. The largest absolute Gasteiger partial charge is 0.443 e. The lowest BCUT2D eigenvalue weighted by atomic mass is 10.1. The Morgan fingerprint density at radius 2 is 1.86 bits per heavy atom. The molecular weight excluding hydrogens is 195 g/mol. The van der Waals surface area contributed by atoms with Gasteiger partial charge in [-0.25, -0.2) is 18.2 Å². The maximum atomic E-state index is 13.1. The quantitative estimate of drug-likeness (QED) is 0.660. The second-order valence-corrected chi connectivity index (χ2v) is 2.59. The minimum Gasteiger partial charge on any atom is -0.443 e. The van der Waals surface area contributed by atoms with Crippen LogP contribution in [-0.4, -0.2) is 4.98 Å². The van der Waals surface area contributed by atoms with E-state index in [9.17, 15) is 13.2 Å². The Kier molecular flexibility index (Phi) is 1.99. The van der Waals surface area contributed by atoms with E-state index in [1.807, 2.05) is 0 Å². The van der Waals surface area contributed by atoms with Crippen molar-refractivity contribution >= 4 is 0 Å². The first-order valence-corrected chi connectivity index (χ1v) is 3.72. The molecule has 0 atom stereocenters. The van der Waals surface area contributed by atoms with Crippen LogP contribution >= 0.6 is 0 Å². The first kappa shape index (κ1) is 8.80. The summed E-state index contributed by atoms with van der Waals surface area (Å²) in [6.45, 7) is 0. The third kappa shape index (κ3) is 1.26. The lowest BCUT2D eigenvalue weighted by Crippen LogP contribution is -1.92. The molecule has 0 spiro atoms. The van der Waals surface area contributed by atoms with Gasteiger partial charge in [-0.1, -0.05) is 0 Å². The van der Waals surface area contributed by atoms with Crippen molar-refractivity contribution < 1.29 is 17.6 Å². The van der Waals surface area contributed by atoms with E-state index in [1.165, 1.54) is 6.20 Å². The molecule has 14 heavy (non-hydrogen) atoms. The van der Waals surface area contributed by atoms with E-state index in [1.54, 1.807) is 0 Å². The maximum absolute atomic E-state index is 13.1. The first-order chi connectivity index (χ1) is 6.70. The van der Waals surface area contributed by atoms with Crippen LogP contribution in [0.15, 0.2) is 29.1 Å². The normalized spacial score (nSPS) is 10.5. The summed E-state index contributed by atoms with van der Waals surface area (Å²) in [6.07, 6.45) is 2.30. The molecule has 5 heteroatoms. The van der Waals surface area contributed by atoms with E-state index >= 15 is 0 Å². The van der Waals surface area contributed by atoms with E-state index < -0.39 is 17.5 Å². The SMILES string of the molecule is Fc1ccc(-c2cnco2)c(F)c1F. The van der Waals surface area contributed by atoms with Crippen molar-refractivity contribution in [3.05, 3.63) is 42.2 Å². The molecule has 1 aromatic heterocycles. The fourth-order valence-corrected chi connectivity index (χ4v) is 1.06.